The number of carbonyl (C=O) groups is 1. The van der Waals surface area contributed by atoms with Crippen LogP contribution in [-0.4, -0.2) is 12.1 Å². The third kappa shape index (κ3) is 3.48. The van der Waals surface area contributed by atoms with Gasteiger partial charge < -0.3 is 0 Å². The van der Waals surface area contributed by atoms with Crippen LogP contribution in [0.15, 0.2) is 84.0 Å². The van der Waals surface area contributed by atoms with Crippen LogP contribution in [0.5, 0.6) is 0 Å². The molecule has 1 fully saturated rings. The third-order valence-corrected chi connectivity index (χ3v) is 5.53. The van der Waals surface area contributed by atoms with Crippen molar-refractivity contribution in [3.63, 3.8) is 0 Å². The zero-order chi connectivity index (χ0) is 19.6. The van der Waals surface area contributed by atoms with Crippen LogP contribution >= 0.6 is 0 Å². The highest BCUT2D eigenvalue weighted by Crippen LogP contribution is 2.59. The Balaban J connectivity index is 1.60. The normalized spacial score (nSPS) is 17.4. The molecule has 1 aliphatic rings. The molecule has 0 saturated heterocycles. The summed E-state index contributed by atoms with van der Waals surface area (Å²) < 4.78 is 0. The molecule has 0 bridgehead atoms. The highest BCUT2D eigenvalue weighted by atomic mass is 16.2. The van der Waals surface area contributed by atoms with E-state index in [1.165, 1.54) is 22.3 Å². The van der Waals surface area contributed by atoms with E-state index in [1.54, 1.807) is 6.21 Å². The van der Waals surface area contributed by atoms with Gasteiger partial charge in [0.05, 0.1) is 12.1 Å². The summed E-state index contributed by atoms with van der Waals surface area (Å²) in [5.41, 5.74) is 8.25. The van der Waals surface area contributed by atoms with Crippen molar-refractivity contribution < 1.29 is 4.79 Å². The topological polar surface area (TPSA) is 41.5 Å². The Morgan fingerprint density at radius 3 is 2.11 bits per heavy atom. The summed E-state index contributed by atoms with van der Waals surface area (Å²) in [5, 5.41) is 4.17. The molecule has 0 radical (unpaired) electrons. The second-order valence-corrected chi connectivity index (χ2v) is 7.61. The fourth-order valence-electron chi connectivity index (χ4n) is 4.02. The largest absolute Gasteiger partial charge is 0.273 e. The van der Waals surface area contributed by atoms with Crippen molar-refractivity contribution in [3.05, 3.63) is 107 Å². The average molecular weight is 368 g/mol. The van der Waals surface area contributed by atoms with Gasteiger partial charge >= 0.3 is 0 Å². The van der Waals surface area contributed by atoms with Crippen LogP contribution in [0, 0.1) is 19.8 Å². The first-order valence-corrected chi connectivity index (χ1v) is 9.62. The zero-order valence-electron chi connectivity index (χ0n) is 16.2. The molecule has 3 nitrogen and oxygen atoms in total. The van der Waals surface area contributed by atoms with Gasteiger partial charge in [0, 0.05) is 5.41 Å². The van der Waals surface area contributed by atoms with Crippen LogP contribution in [0.25, 0.3) is 0 Å². The van der Waals surface area contributed by atoms with Gasteiger partial charge in [-0.1, -0.05) is 90.0 Å². The predicted octanol–water partition coefficient (Wildman–Crippen LogP) is 4.76. The van der Waals surface area contributed by atoms with E-state index in [1.807, 2.05) is 30.3 Å². The van der Waals surface area contributed by atoms with Gasteiger partial charge in [-0.15, -0.1) is 0 Å². The molecular weight excluding hydrogens is 344 g/mol. The van der Waals surface area contributed by atoms with Crippen molar-refractivity contribution in [1.29, 1.82) is 0 Å². The van der Waals surface area contributed by atoms with Crippen LogP contribution in [0.1, 0.15) is 34.2 Å². The van der Waals surface area contributed by atoms with Crippen molar-refractivity contribution >= 4 is 12.1 Å². The van der Waals surface area contributed by atoms with E-state index in [0.717, 1.165) is 12.0 Å². The van der Waals surface area contributed by atoms with Crippen molar-refractivity contribution in [2.75, 3.05) is 0 Å². The number of hydrogen-bond acceptors (Lipinski definition) is 2. The van der Waals surface area contributed by atoms with Gasteiger partial charge in [-0.2, -0.15) is 5.10 Å². The fourth-order valence-corrected chi connectivity index (χ4v) is 4.02. The molecule has 4 rings (SSSR count). The Hall–Kier alpha value is -3.20. The number of nitrogens with one attached hydrogen (secondary N) is 1. The first-order valence-electron chi connectivity index (χ1n) is 9.62. The van der Waals surface area contributed by atoms with Crippen molar-refractivity contribution in [1.82, 2.24) is 5.43 Å². The number of hydrazone groups is 1. The average Bonchev–Trinajstić information content (AvgIpc) is 3.46. The summed E-state index contributed by atoms with van der Waals surface area (Å²) in [6.07, 6.45) is 2.48. The molecule has 1 aliphatic carbocycles. The summed E-state index contributed by atoms with van der Waals surface area (Å²) in [4.78, 5) is 12.9. The molecule has 3 aromatic carbocycles. The number of amides is 1. The highest BCUT2D eigenvalue weighted by Gasteiger charge is 2.60. The maximum Gasteiger partial charge on any atom is 0.244 e. The monoisotopic (exact) mass is 368 g/mol. The van der Waals surface area contributed by atoms with E-state index in [-0.39, 0.29) is 17.2 Å². The molecule has 1 atom stereocenters. The summed E-state index contributed by atoms with van der Waals surface area (Å²) >= 11 is 0. The fraction of sp³-hybridized carbons (Fsp3) is 0.200. The van der Waals surface area contributed by atoms with E-state index < -0.39 is 0 Å². The summed E-state index contributed by atoms with van der Waals surface area (Å²) in [6, 6.07) is 26.8. The maximum atomic E-state index is 12.9. The Kier molecular flexibility index (Phi) is 4.82. The Bertz CT molecular complexity index is 978. The minimum atomic E-state index is -0.273. The van der Waals surface area contributed by atoms with Crippen molar-refractivity contribution in [2.24, 2.45) is 11.0 Å². The number of aryl methyl sites for hydroxylation is 2. The second kappa shape index (κ2) is 7.43. The van der Waals surface area contributed by atoms with E-state index in [0.29, 0.717) is 0 Å². The number of benzene rings is 3. The molecule has 0 heterocycles. The SMILES string of the molecule is Cc1cccc(C2(c3cccc(C)c3)C[C@@H]2C(=O)N/N=C/c2ccccc2)c1. The molecule has 1 saturated carbocycles. The van der Waals surface area contributed by atoms with Crippen LogP contribution in [-0.2, 0) is 10.2 Å². The standard InChI is InChI=1S/C25H24N2O/c1-18-8-6-12-21(14-18)25(22-13-7-9-19(2)15-22)16-23(25)24(28)27-26-17-20-10-4-3-5-11-20/h3-15,17,23H,16H2,1-2H3,(H,27,28)/b26-17+/t23-/m1/s1. The lowest BCUT2D eigenvalue weighted by Crippen LogP contribution is -2.25. The number of nitrogens with zero attached hydrogens (tertiary/aromatic N) is 1. The molecule has 0 aliphatic heterocycles. The van der Waals surface area contributed by atoms with E-state index >= 15 is 0 Å². The Morgan fingerprint density at radius 2 is 1.54 bits per heavy atom. The summed E-state index contributed by atoms with van der Waals surface area (Å²) in [5.74, 6) is -0.154. The molecule has 0 aromatic heterocycles. The van der Waals surface area contributed by atoms with Gasteiger partial charge in [0.1, 0.15) is 0 Å². The summed E-state index contributed by atoms with van der Waals surface area (Å²) in [6.45, 7) is 4.18. The zero-order valence-corrected chi connectivity index (χ0v) is 16.2. The molecule has 28 heavy (non-hydrogen) atoms. The first kappa shape index (κ1) is 18.2. The van der Waals surface area contributed by atoms with Gasteiger partial charge in [-0.3, -0.25) is 4.79 Å². The minimum absolute atomic E-state index is 0.0322. The highest BCUT2D eigenvalue weighted by molar-refractivity contribution is 5.87. The Labute approximate surface area is 166 Å². The lowest BCUT2D eigenvalue weighted by molar-refractivity contribution is -0.122. The van der Waals surface area contributed by atoms with E-state index in [9.17, 15) is 4.79 Å². The third-order valence-electron chi connectivity index (χ3n) is 5.53. The van der Waals surface area contributed by atoms with Crippen LogP contribution in [0.3, 0.4) is 0 Å². The minimum Gasteiger partial charge on any atom is -0.273 e. The molecule has 140 valence electrons. The van der Waals surface area contributed by atoms with Crippen molar-refractivity contribution in [2.45, 2.75) is 25.7 Å². The number of rotatable bonds is 5. The molecule has 0 unspecified atom stereocenters. The van der Waals surface area contributed by atoms with Crippen LogP contribution < -0.4 is 5.43 Å². The predicted molar refractivity (Wildman–Crippen MR) is 113 cm³/mol. The van der Waals surface area contributed by atoms with E-state index in [2.05, 4.69) is 72.9 Å². The quantitative estimate of drug-likeness (QED) is 0.512. The second-order valence-electron chi connectivity index (χ2n) is 7.61. The summed E-state index contributed by atoms with van der Waals surface area (Å²) in [7, 11) is 0. The lowest BCUT2D eigenvalue weighted by Gasteiger charge is -2.19. The van der Waals surface area contributed by atoms with Gasteiger partial charge in [0.2, 0.25) is 5.91 Å². The van der Waals surface area contributed by atoms with Crippen molar-refractivity contribution in [3.8, 4) is 0 Å². The molecule has 1 amide bonds. The number of hydrogen-bond donors (Lipinski definition) is 1. The van der Waals surface area contributed by atoms with Gasteiger partial charge in [0.25, 0.3) is 0 Å². The lowest BCUT2D eigenvalue weighted by atomic mass is 9.84. The van der Waals surface area contributed by atoms with Crippen LogP contribution in [0.4, 0.5) is 0 Å². The van der Waals surface area contributed by atoms with Crippen LogP contribution in [0.2, 0.25) is 0 Å². The molecule has 3 heteroatoms. The maximum absolute atomic E-state index is 12.9. The first-order chi connectivity index (χ1) is 13.6. The molecular formula is C25H24N2O. The van der Waals surface area contributed by atoms with Gasteiger partial charge in [0.15, 0.2) is 0 Å². The molecule has 3 aromatic rings. The molecule has 1 N–H and O–H groups in total. The smallest absolute Gasteiger partial charge is 0.244 e. The van der Waals surface area contributed by atoms with Gasteiger partial charge in [-0.25, -0.2) is 5.43 Å². The van der Waals surface area contributed by atoms with Gasteiger partial charge in [-0.05, 0) is 37.0 Å². The molecule has 0 spiro atoms. The van der Waals surface area contributed by atoms with E-state index in [4.69, 9.17) is 0 Å². The number of carbonyl (C=O) groups excluding carboxylic acids is 1. The Morgan fingerprint density at radius 1 is 0.929 bits per heavy atom.